The highest BCUT2D eigenvalue weighted by Crippen LogP contribution is 2.29. The molecule has 2 aromatic rings. The number of aromatic nitrogens is 3. The van der Waals surface area contributed by atoms with Crippen LogP contribution in [0.4, 0.5) is 0 Å². The van der Waals surface area contributed by atoms with E-state index in [1.807, 2.05) is 10.6 Å². The predicted octanol–water partition coefficient (Wildman–Crippen LogP) is 2.42. The summed E-state index contributed by atoms with van der Waals surface area (Å²) in [4.78, 5) is 20.2. The first kappa shape index (κ1) is 12.4. The number of fused-ring (bicyclic) bond motifs is 3. The molecule has 2 aromatic heterocycles. The van der Waals surface area contributed by atoms with Crippen LogP contribution in [0.3, 0.4) is 0 Å². The van der Waals surface area contributed by atoms with Crippen LogP contribution in [-0.2, 0) is 0 Å². The van der Waals surface area contributed by atoms with Gasteiger partial charge in [0, 0.05) is 18.1 Å². The number of nitrogens with one attached hydrogen (secondary N) is 1. The maximum absolute atomic E-state index is 12.0. The highest BCUT2D eigenvalue weighted by molar-refractivity contribution is 6.28. The van der Waals surface area contributed by atoms with Crippen LogP contribution in [0.2, 0.25) is 5.28 Å². The van der Waals surface area contributed by atoms with Crippen LogP contribution < -0.4 is 5.32 Å². The van der Waals surface area contributed by atoms with Crippen molar-refractivity contribution >= 4 is 28.5 Å². The highest BCUT2D eigenvalue weighted by atomic mass is 35.5. The molecule has 1 N–H and O–H groups in total. The zero-order valence-corrected chi connectivity index (χ0v) is 11.6. The Morgan fingerprint density at radius 3 is 3.11 bits per heavy atom. The van der Waals surface area contributed by atoms with Crippen LogP contribution in [0.1, 0.15) is 36.8 Å². The van der Waals surface area contributed by atoms with Crippen molar-refractivity contribution in [3.8, 4) is 0 Å². The molecule has 1 aliphatic rings. The first-order valence-corrected chi connectivity index (χ1v) is 6.75. The van der Waals surface area contributed by atoms with Crippen LogP contribution in [-0.4, -0.2) is 27.0 Å². The van der Waals surface area contributed by atoms with Crippen LogP contribution >= 0.6 is 11.6 Å². The van der Waals surface area contributed by atoms with Crippen molar-refractivity contribution in [2.24, 2.45) is 5.92 Å². The lowest BCUT2D eigenvalue weighted by atomic mass is 10.0. The molecule has 6 heteroatoms. The SMILES string of the molecule is CC(C)CC1CNC(=O)c2cc3cnc(Cl)nc3n21. The molecular weight excluding hydrogens is 264 g/mol. The quantitative estimate of drug-likeness (QED) is 0.858. The molecule has 0 radical (unpaired) electrons. The topological polar surface area (TPSA) is 59.8 Å². The number of amides is 1. The average Bonchev–Trinajstić information content (AvgIpc) is 2.72. The number of hydrogen-bond acceptors (Lipinski definition) is 3. The second-order valence-electron chi connectivity index (χ2n) is 5.31. The molecule has 5 nitrogen and oxygen atoms in total. The van der Waals surface area contributed by atoms with Crippen molar-refractivity contribution in [1.29, 1.82) is 0 Å². The minimum absolute atomic E-state index is 0.0610. The van der Waals surface area contributed by atoms with E-state index in [0.717, 1.165) is 17.5 Å². The highest BCUT2D eigenvalue weighted by Gasteiger charge is 2.28. The number of carbonyl (C=O) groups is 1. The molecule has 1 aliphatic heterocycles. The van der Waals surface area contributed by atoms with E-state index in [9.17, 15) is 4.79 Å². The largest absolute Gasteiger partial charge is 0.349 e. The van der Waals surface area contributed by atoms with Crippen LogP contribution in [0, 0.1) is 5.92 Å². The smallest absolute Gasteiger partial charge is 0.268 e. The van der Waals surface area contributed by atoms with Gasteiger partial charge >= 0.3 is 0 Å². The summed E-state index contributed by atoms with van der Waals surface area (Å²) in [5.74, 6) is 0.483. The first-order valence-electron chi connectivity index (χ1n) is 6.38. The normalized spacial score (nSPS) is 18.7. The van der Waals surface area contributed by atoms with Gasteiger partial charge in [-0.2, -0.15) is 4.98 Å². The van der Waals surface area contributed by atoms with Gasteiger partial charge in [0.15, 0.2) is 0 Å². The van der Waals surface area contributed by atoms with Gasteiger partial charge in [-0.15, -0.1) is 0 Å². The fourth-order valence-electron chi connectivity index (χ4n) is 2.66. The van der Waals surface area contributed by atoms with Crippen LogP contribution in [0.25, 0.3) is 11.0 Å². The van der Waals surface area contributed by atoms with E-state index in [2.05, 4.69) is 29.1 Å². The lowest BCUT2D eigenvalue weighted by molar-refractivity contribution is 0.0912. The van der Waals surface area contributed by atoms with Gasteiger partial charge in [-0.25, -0.2) is 4.98 Å². The zero-order chi connectivity index (χ0) is 13.6. The maximum Gasteiger partial charge on any atom is 0.268 e. The number of halogens is 1. The molecule has 3 rings (SSSR count). The average molecular weight is 279 g/mol. The number of rotatable bonds is 2. The van der Waals surface area contributed by atoms with E-state index >= 15 is 0 Å². The number of carbonyl (C=O) groups excluding carboxylic acids is 1. The Labute approximate surface area is 116 Å². The van der Waals surface area contributed by atoms with Gasteiger partial charge in [-0.05, 0) is 30.0 Å². The fraction of sp³-hybridized carbons (Fsp3) is 0.462. The van der Waals surface area contributed by atoms with Gasteiger partial charge in [0.2, 0.25) is 5.28 Å². The third-order valence-electron chi connectivity index (χ3n) is 3.39. The molecule has 0 saturated carbocycles. The lowest BCUT2D eigenvalue weighted by Crippen LogP contribution is -2.39. The number of nitrogens with zero attached hydrogens (tertiary/aromatic N) is 3. The molecule has 0 saturated heterocycles. The molecule has 1 unspecified atom stereocenters. The molecule has 0 fully saturated rings. The third kappa shape index (κ3) is 2.08. The summed E-state index contributed by atoms with van der Waals surface area (Å²) in [5, 5.41) is 3.99. The van der Waals surface area contributed by atoms with E-state index < -0.39 is 0 Å². The van der Waals surface area contributed by atoms with Gasteiger partial charge in [-0.1, -0.05) is 13.8 Å². The first-order chi connectivity index (χ1) is 9.06. The monoisotopic (exact) mass is 278 g/mol. The van der Waals surface area contributed by atoms with Gasteiger partial charge in [0.25, 0.3) is 5.91 Å². The van der Waals surface area contributed by atoms with Gasteiger partial charge in [-0.3, -0.25) is 4.79 Å². The Morgan fingerprint density at radius 2 is 2.37 bits per heavy atom. The third-order valence-corrected chi connectivity index (χ3v) is 3.57. The second kappa shape index (κ2) is 4.49. The lowest BCUT2D eigenvalue weighted by Gasteiger charge is -2.28. The van der Waals surface area contributed by atoms with E-state index in [-0.39, 0.29) is 17.2 Å². The van der Waals surface area contributed by atoms with Crippen molar-refractivity contribution in [2.75, 3.05) is 6.54 Å². The standard InChI is InChI=1S/C13H15ClN4O/c1-7(2)3-9-6-15-12(19)10-4-8-5-16-13(14)17-11(8)18(9)10/h4-5,7,9H,3,6H2,1-2H3,(H,15,19). The molecule has 100 valence electrons. The Hall–Kier alpha value is -1.62. The Balaban J connectivity index is 2.20. The molecule has 3 heterocycles. The summed E-state index contributed by atoms with van der Waals surface area (Å²) in [5.41, 5.74) is 1.39. The van der Waals surface area contributed by atoms with Gasteiger partial charge < -0.3 is 9.88 Å². The van der Waals surface area contributed by atoms with E-state index in [4.69, 9.17) is 11.6 Å². The molecule has 19 heavy (non-hydrogen) atoms. The van der Waals surface area contributed by atoms with Crippen LogP contribution in [0.15, 0.2) is 12.3 Å². The van der Waals surface area contributed by atoms with Crippen molar-refractivity contribution < 1.29 is 4.79 Å². The Kier molecular flexibility index (Phi) is 2.93. The summed E-state index contributed by atoms with van der Waals surface area (Å²) < 4.78 is 2.00. The van der Waals surface area contributed by atoms with Crippen molar-refractivity contribution in [3.05, 3.63) is 23.2 Å². The molecule has 0 bridgehead atoms. The Morgan fingerprint density at radius 1 is 1.58 bits per heavy atom. The molecule has 1 atom stereocenters. The summed E-state index contributed by atoms with van der Waals surface area (Å²) in [6.07, 6.45) is 2.65. The molecule has 0 aromatic carbocycles. The summed E-state index contributed by atoms with van der Waals surface area (Å²) in [6.45, 7) is 4.98. The van der Waals surface area contributed by atoms with E-state index in [0.29, 0.717) is 18.2 Å². The summed E-state index contributed by atoms with van der Waals surface area (Å²) in [6, 6.07) is 2.05. The minimum Gasteiger partial charge on any atom is -0.349 e. The molecule has 1 amide bonds. The predicted molar refractivity (Wildman–Crippen MR) is 73.4 cm³/mol. The fourth-order valence-corrected chi connectivity index (χ4v) is 2.79. The maximum atomic E-state index is 12.0. The van der Waals surface area contributed by atoms with Crippen molar-refractivity contribution in [1.82, 2.24) is 19.9 Å². The molecule has 0 aliphatic carbocycles. The second-order valence-corrected chi connectivity index (χ2v) is 5.65. The number of hydrogen-bond donors (Lipinski definition) is 1. The molecular formula is C13H15ClN4O. The van der Waals surface area contributed by atoms with E-state index in [1.165, 1.54) is 0 Å². The van der Waals surface area contributed by atoms with Crippen molar-refractivity contribution in [2.45, 2.75) is 26.3 Å². The van der Waals surface area contributed by atoms with Gasteiger partial charge in [0.05, 0.1) is 6.04 Å². The molecule has 0 spiro atoms. The minimum atomic E-state index is -0.0610. The van der Waals surface area contributed by atoms with Gasteiger partial charge in [0.1, 0.15) is 11.3 Å². The summed E-state index contributed by atoms with van der Waals surface area (Å²) >= 11 is 5.87. The van der Waals surface area contributed by atoms with Crippen LogP contribution in [0.5, 0.6) is 0 Å². The summed E-state index contributed by atoms with van der Waals surface area (Å²) in [7, 11) is 0. The zero-order valence-electron chi connectivity index (χ0n) is 10.9. The Bertz CT molecular complexity index is 649. The van der Waals surface area contributed by atoms with E-state index in [1.54, 1.807) is 6.20 Å². The van der Waals surface area contributed by atoms with Crippen molar-refractivity contribution in [3.63, 3.8) is 0 Å².